The van der Waals surface area contributed by atoms with Crippen molar-refractivity contribution in [1.82, 2.24) is 0 Å². The van der Waals surface area contributed by atoms with Crippen LogP contribution in [0.5, 0.6) is 0 Å². The largest absolute Gasteiger partial charge is 0.458 e. The van der Waals surface area contributed by atoms with Crippen LogP contribution in [0, 0.1) is 0 Å². The van der Waals surface area contributed by atoms with Crippen molar-refractivity contribution in [2.75, 3.05) is 0 Å². The molecule has 0 radical (unpaired) electrons. The van der Waals surface area contributed by atoms with E-state index in [1.807, 2.05) is 0 Å². The number of alkyl halides is 5. The molecule has 1 aromatic carbocycles. The van der Waals surface area contributed by atoms with E-state index in [1.165, 1.54) is 6.92 Å². The van der Waals surface area contributed by atoms with Crippen molar-refractivity contribution in [3.05, 3.63) is 35.4 Å². The Hall–Kier alpha value is -1.17. The lowest BCUT2D eigenvalue weighted by Crippen LogP contribution is -2.33. The van der Waals surface area contributed by atoms with Crippen LogP contribution in [0.3, 0.4) is 0 Å². The average Bonchev–Trinajstić information content (AvgIpc) is 2.15. The molecule has 0 amide bonds. The summed E-state index contributed by atoms with van der Waals surface area (Å²) in [5.74, 6) is -4.85. The van der Waals surface area contributed by atoms with Crippen molar-refractivity contribution in [2.24, 2.45) is 0 Å². The van der Waals surface area contributed by atoms with E-state index in [4.69, 9.17) is 5.11 Å². The topological polar surface area (TPSA) is 20.2 Å². The molecule has 0 aromatic heterocycles. The van der Waals surface area contributed by atoms with E-state index in [0.717, 1.165) is 24.3 Å². The van der Waals surface area contributed by atoms with Crippen LogP contribution in [0.15, 0.2) is 24.3 Å². The van der Waals surface area contributed by atoms with Gasteiger partial charge in [0.15, 0.2) is 0 Å². The highest BCUT2D eigenvalue weighted by molar-refractivity contribution is 5.27. The highest BCUT2D eigenvalue weighted by atomic mass is 19.4. The summed E-state index contributed by atoms with van der Waals surface area (Å²) in [5.41, 5.74) is -0.596. The lowest BCUT2D eigenvalue weighted by molar-refractivity contribution is -0.289. The molecule has 0 saturated heterocycles. The molecular weight excluding hydrogens is 243 g/mol. The number of benzene rings is 1. The van der Waals surface area contributed by atoms with Gasteiger partial charge in [-0.1, -0.05) is 24.3 Å². The third-order valence-corrected chi connectivity index (χ3v) is 2.20. The van der Waals surface area contributed by atoms with Gasteiger partial charge in [0.25, 0.3) is 0 Å². The van der Waals surface area contributed by atoms with Crippen LogP contribution >= 0.6 is 0 Å². The molecule has 0 bridgehead atoms. The van der Waals surface area contributed by atoms with E-state index in [0.29, 0.717) is 5.56 Å². The molecule has 1 unspecified atom stereocenters. The molecule has 0 spiro atoms. The number of hydrogen-bond acceptors (Lipinski definition) is 1. The van der Waals surface area contributed by atoms with Crippen LogP contribution in [0.4, 0.5) is 22.0 Å². The second-order valence-corrected chi connectivity index (χ2v) is 3.82. The Kier molecular flexibility index (Phi) is 3.76. The van der Waals surface area contributed by atoms with Crippen molar-refractivity contribution >= 4 is 0 Å². The third-order valence-electron chi connectivity index (χ3n) is 2.20. The van der Waals surface area contributed by atoms with Crippen molar-refractivity contribution in [3.8, 4) is 0 Å². The maximum absolute atomic E-state index is 12.9. The van der Waals surface area contributed by atoms with E-state index in [1.54, 1.807) is 0 Å². The van der Waals surface area contributed by atoms with Crippen molar-refractivity contribution in [3.63, 3.8) is 0 Å². The molecule has 17 heavy (non-hydrogen) atoms. The average molecular weight is 254 g/mol. The summed E-state index contributed by atoms with van der Waals surface area (Å²) in [4.78, 5) is 0. The summed E-state index contributed by atoms with van der Waals surface area (Å²) in [6.07, 6.45) is -6.07. The third kappa shape index (κ3) is 3.15. The molecule has 1 atom stereocenters. The highest BCUT2D eigenvalue weighted by Gasteiger charge is 2.58. The minimum Gasteiger partial charge on any atom is -0.393 e. The van der Waals surface area contributed by atoms with Gasteiger partial charge < -0.3 is 5.11 Å². The van der Waals surface area contributed by atoms with Crippen LogP contribution in [-0.4, -0.2) is 17.4 Å². The number of aliphatic hydroxyl groups is 1. The van der Waals surface area contributed by atoms with E-state index in [9.17, 15) is 22.0 Å². The van der Waals surface area contributed by atoms with E-state index in [-0.39, 0.29) is 6.42 Å². The highest BCUT2D eigenvalue weighted by Crippen LogP contribution is 2.43. The minimum atomic E-state index is -5.60. The summed E-state index contributed by atoms with van der Waals surface area (Å²) in [5, 5.41) is 9.04. The zero-order valence-electron chi connectivity index (χ0n) is 8.93. The Labute approximate surface area is 94.9 Å². The molecule has 0 aliphatic carbocycles. The van der Waals surface area contributed by atoms with Gasteiger partial charge in [-0.3, -0.25) is 0 Å². The Morgan fingerprint density at radius 2 is 1.53 bits per heavy atom. The van der Waals surface area contributed by atoms with Gasteiger partial charge in [-0.15, -0.1) is 0 Å². The summed E-state index contributed by atoms with van der Waals surface area (Å²) in [6.45, 7) is 1.50. The van der Waals surface area contributed by atoms with Gasteiger partial charge in [-0.2, -0.15) is 22.0 Å². The quantitative estimate of drug-likeness (QED) is 0.821. The molecule has 96 valence electrons. The zero-order chi connectivity index (χ0) is 13.3. The summed E-state index contributed by atoms with van der Waals surface area (Å²) < 4.78 is 61.9. The second-order valence-electron chi connectivity index (χ2n) is 3.82. The van der Waals surface area contributed by atoms with Gasteiger partial charge in [0.05, 0.1) is 6.10 Å². The van der Waals surface area contributed by atoms with Gasteiger partial charge in [0, 0.05) is 5.56 Å². The number of hydrogen-bond donors (Lipinski definition) is 1. The first-order valence-corrected chi connectivity index (χ1v) is 4.86. The second kappa shape index (κ2) is 4.60. The summed E-state index contributed by atoms with van der Waals surface area (Å²) in [6, 6.07) is 3.76. The molecule has 1 N–H and O–H groups in total. The Balaban J connectivity index is 2.95. The van der Waals surface area contributed by atoms with Gasteiger partial charge >= 0.3 is 12.1 Å². The van der Waals surface area contributed by atoms with Crippen LogP contribution in [0.2, 0.25) is 0 Å². The molecule has 0 aliphatic heterocycles. The monoisotopic (exact) mass is 254 g/mol. The van der Waals surface area contributed by atoms with Crippen LogP contribution in [-0.2, 0) is 12.3 Å². The first-order valence-electron chi connectivity index (χ1n) is 4.86. The smallest absolute Gasteiger partial charge is 0.393 e. The molecule has 1 rings (SSSR count). The number of aliphatic hydroxyl groups excluding tert-OH is 1. The lowest BCUT2D eigenvalue weighted by atomic mass is 10.0. The fraction of sp³-hybridized carbons (Fsp3) is 0.455. The fourth-order valence-corrected chi connectivity index (χ4v) is 1.35. The van der Waals surface area contributed by atoms with E-state index in [2.05, 4.69) is 0 Å². The van der Waals surface area contributed by atoms with Crippen LogP contribution in [0.25, 0.3) is 0 Å². The molecule has 6 heteroatoms. The number of rotatable bonds is 3. The Morgan fingerprint density at radius 1 is 1.06 bits per heavy atom. The predicted molar refractivity (Wildman–Crippen MR) is 51.8 cm³/mol. The summed E-state index contributed by atoms with van der Waals surface area (Å²) >= 11 is 0. The first kappa shape index (κ1) is 13.9. The molecule has 1 nitrogen and oxygen atoms in total. The maximum atomic E-state index is 12.9. The zero-order valence-corrected chi connectivity index (χ0v) is 8.93. The molecule has 0 aliphatic rings. The van der Waals surface area contributed by atoms with Crippen LogP contribution < -0.4 is 0 Å². The maximum Gasteiger partial charge on any atom is 0.458 e. The van der Waals surface area contributed by atoms with Gasteiger partial charge in [-0.05, 0) is 18.9 Å². The Morgan fingerprint density at radius 3 is 1.88 bits per heavy atom. The lowest BCUT2D eigenvalue weighted by Gasteiger charge is -2.20. The normalized spacial score (nSPS) is 14.8. The molecular formula is C11H11F5O. The van der Waals surface area contributed by atoms with Gasteiger partial charge in [0.1, 0.15) is 0 Å². The Bertz CT molecular complexity index is 366. The van der Waals surface area contributed by atoms with Gasteiger partial charge in [0.2, 0.25) is 0 Å². The van der Waals surface area contributed by atoms with Gasteiger partial charge in [-0.25, -0.2) is 0 Å². The van der Waals surface area contributed by atoms with Crippen molar-refractivity contribution in [1.29, 1.82) is 0 Å². The minimum absolute atomic E-state index is 0.206. The number of halogens is 5. The first-order chi connectivity index (χ1) is 7.64. The van der Waals surface area contributed by atoms with Crippen molar-refractivity contribution in [2.45, 2.75) is 31.5 Å². The molecule has 0 fully saturated rings. The standard InChI is InChI=1S/C11H11F5O/c1-7(17)6-8-2-4-9(5-3-8)10(12,13)11(14,15)16/h2-5,7,17H,6H2,1H3. The van der Waals surface area contributed by atoms with E-state index >= 15 is 0 Å². The van der Waals surface area contributed by atoms with Crippen LogP contribution in [0.1, 0.15) is 18.1 Å². The fourth-order valence-electron chi connectivity index (χ4n) is 1.35. The van der Waals surface area contributed by atoms with E-state index < -0.39 is 23.8 Å². The molecule has 0 heterocycles. The predicted octanol–water partition coefficient (Wildman–Crippen LogP) is 3.26. The molecule has 1 aromatic rings. The van der Waals surface area contributed by atoms with Crippen molar-refractivity contribution < 1.29 is 27.1 Å². The SMILES string of the molecule is CC(O)Cc1ccc(C(F)(F)C(F)(F)F)cc1. The summed E-state index contributed by atoms with van der Waals surface area (Å²) in [7, 11) is 0. The molecule has 0 saturated carbocycles.